The Labute approximate surface area is 111 Å². The van der Waals surface area contributed by atoms with E-state index in [4.69, 9.17) is 0 Å². The van der Waals surface area contributed by atoms with Gasteiger partial charge in [-0.1, -0.05) is 0 Å². The minimum absolute atomic E-state index is 0.232. The van der Waals surface area contributed by atoms with Crippen LogP contribution in [0.15, 0.2) is 0 Å². The maximum Gasteiger partial charge on any atom is 0.460 e. The fraction of sp³-hybridized carbons (Fsp3) is 1.00. The fourth-order valence-corrected chi connectivity index (χ4v) is 1.66. The third kappa shape index (κ3) is 3.53. The Morgan fingerprint density at radius 1 is 0.667 bits per heavy atom. The summed E-state index contributed by atoms with van der Waals surface area (Å²) in [5.41, 5.74) is 0. The van der Waals surface area contributed by atoms with Crippen molar-refractivity contribution in [2.75, 3.05) is 0 Å². The largest absolute Gasteiger partial charge is 0.460 e. The summed E-state index contributed by atoms with van der Waals surface area (Å²) in [6, 6.07) is 0. The van der Waals surface area contributed by atoms with E-state index in [-0.39, 0.29) is 12.8 Å². The average Bonchev–Trinajstić information content (AvgIpc) is 2.96. The van der Waals surface area contributed by atoms with Gasteiger partial charge in [-0.3, -0.25) is 0 Å². The van der Waals surface area contributed by atoms with Gasteiger partial charge >= 0.3 is 23.9 Å². The first-order chi connectivity index (χ1) is 9.04. The zero-order chi connectivity index (χ0) is 16.9. The Hall–Kier alpha value is -0.770. The summed E-state index contributed by atoms with van der Waals surface area (Å²) in [5, 5.41) is 0. The van der Waals surface area contributed by atoms with Crippen LogP contribution < -0.4 is 0 Å². The van der Waals surface area contributed by atoms with Crippen LogP contribution in [0, 0.1) is 5.92 Å². The van der Waals surface area contributed by atoms with Crippen LogP contribution >= 0.6 is 0 Å². The van der Waals surface area contributed by atoms with E-state index >= 15 is 0 Å². The van der Waals surface area contributed by atoms with E-state index in [1.807, 2.05) is 0 Å². The van der Waals surface area contributed by atoms with Crippen LogP contribution in [0.4, 0.5) is 48.3 Å². The third-order valence-corrected chi connectivity index (χ3v) is 2.97. The Morgan fingerprint density at radius 2 is 1.10 bits per heavy atom. The predicted octanol–water partition coefficient (Wildman–Crippen LogP) is 5.28. The van der Waals surface area contributed by atoms with Gasteiger partial charge in [0, 0.05) is 6.42 Å². The highest BCUT2D eigenvalue weighted by Gasteiger charge is 2.82. The van der Waals surface area contributed by atoms with Crippen molar-refractivity contribution in [2.24, 2.45) is 5.92 Å². The van der Waals surface area contributed by atoms with E-state index in [1.54, 1.807) is 0 Å². The van der Waals surface area contributed by atoms with E-state index in [0.29, 0.717) is 0 Å². The molecule has 0 heterocycles. The maximum absolute atomic E-state index is 13.1. The first-order valence-electron chi connectivity index (χ1n) is 5.61. The molecule has 1 rings (SSSR count). The molecule has 0 unspecified atom stereocenters. The molecule has 0 spiro atoms. The van der Waals surface area contributed by atoms with Crippen molar-refractivity contribution < 1.29 is 48.3 Å². The summed E-state index contributed by atoms with van der Waals surface area (Å²) in [7, 11) is 0. The summed E-state index contributed by atoms with van der Waals surface area (Å²) in [6.07, 6.45) is -10.9. The standard InChI is InChI=1S/C10H9F11/c11-6(12,3-5-1-2-5)4-7(13,14)8(15,16)9(17,18)10(19,20)21/h5H,1-4H2. The SMILES string of the molecule is FC(F)(CC1CC1)CC(F)(F)C(F)(F)C(F)(F)C(F)(F)F. The molecule has 0 saturated heterocycles. The molecule has 1 fully saturated rings. The van der Waals surface area contributed by atoms with Gasteiger partial charge in [0.2, 0.25) is 0 Å². The molecule has 0 aromatic carbocycles. The summed E-state index contributed by atoms with van der Waals surface area (Å²) >= 11 is 0. The molecule has 21 heavy (non-hydrogen) atoms. The molecule has 0 bridgehead atoms. The van der Waals surface area contributed by atoms with E-state index in [2.05, 4.69) is 0 Å². The van der Waals surface area contributed by atoms with E-state index < -0.39 is 48.6 Å². The molecule has 0 aliphatic heterocycles. The second kappa shape index (κ2) is 4.87. The lowest BCUT2D eigenvalue weighted by molar-refractivity contribution is -0.401. The number of rotatable bonds is 6. The van der Waals surface area contributed by atoms with Gasteiger partial charge in [-0.2, -0.15) is 39.5 Å². The van der Waals surface area contributed by atoms with Crippen LogP contribution in [-0.2, 0) is 0 Å². The van der Waals surface area contributed by atoms with Crippen molar-refractivity contribution in [3.8, 4) is 0 Å². The second-order valence-electron chi connectivity index (χ2n) is 5.03. The molecular formula is C10H9F11. The minimum atomic E-state index is -7.13. The fourth-order valence-electron chi connectivity index (χ4n) is 1.66. The molecule has 1 aliphatic carbocycles. The second-order valence-corrected chi connectivity index (χ2v) is 5.03. The Bertz CT molecular complexity index is 377. The summed E-state index contributed by atoms with van der Waals surface area (Å²) in [5.74, 6) is -25.5. The number of hydrogen-bond donors (Lipinski definition) is 0. The van der Waals surface area contributed by atoms with Crippen molar-refractivity contribution in [2.45, 2.75) is 55.5 Å². The Morgan fingerprint density at radius 3 is 1.43 bits per heavy atom. The number of alkyl halides is 11. The first-order valence-corrected chi connectivity index (χ1v) is 5.61. The van der Waals surface area contributed by atoms with E-state index in [1.165, 1.54) is 0 Å². The highest BCUT2D eigenvalue weighted by atomic mass is 19.4. The van der Waals surface area contributed by atoms with Crippen molar-refractivity contribution >= 4 is 0 Å². The quantitative estimate of drug-likeness (QED) is 0.578. The molecule has 0 nitrogen and oxygen atoms in total. The van der Waals surface area contributed by atoms with Gasteiger partial charge in [0.05, 0.1) is 6.42 Å². The molecule has 0 aromatic heterocycles. The molecule has 126 valence electrons. The summed E-state index contributed by atoms with van der Waals surface area (Å²) < 4.78 is 138. The highest BCUT2D eigenvalue weighted by molar-refractivity contribution is 5.02. The Balaban J connectivity index is 2.98. The van der Waals surface area contributed by atoms with Gasteiger partial charge in [0.25, 0.3) is 5.92 Å². The molecule has 0 atom stereocenters. The van der Waals surface area contributed by atoms with Gasteiger partial charge in [-0.25, -0.2) is 8.78 Å². The van der Waals surface area contributed by atoms with Crippen LogP contribution in [0.1, 0.15) is 25.7 Å². The van der Waals surface area contributed by atoms with Crippen LogP contribution in [-0.4, -0.2) is 29.9 Å². The van der Waals surface area contributed by atoms with Gasteiger partial charge in [0.15, 0.2) is 0 Å². The topological polar surface area (TPSA) is 0 Å². The zero-order valence-corrected chi connectivity index (χ0v) is 10.1. The third-order valence-electron chi connectivity index (χ3n) is 2.97. The first kappa shape index (κ1) is 18.3. The van der Waals surface area contributed by atoms with Crippen LogP contribution in [0.25, 0.3) is 0 Å². The molecule has 1 aliphatic rings. The molecule has 0 amide bonds. The van der Waals surface area contributed by atoms with Gasteiger partial charge in [-0.05, 0) is 18.8 Å². The number of hydrogen-bond acceptors (Lipinski definition) is 0. The van der Waals surface area contributed by atoms with E-state index in [0.717, 1.165) is 0 Å². The van der Waals surface area contributed by atoms with Crippen LogP contribution in [0.3, 0.4) is 0 Å². The van der Waals surface area contributed by atoms with Gasteiger partial charge in [-0.15, -0.1) is 0 Å². The monoisotopic (exact) mass is 338 g/mol. The predicted molar refractivity (Wildman–Crippen MR) is 47.8 cm³/mol. The summed E-state index contributed by atoms with van der Waals surface area (Å²) in [4.78, 5) is 0. The molecular weight excluding hydrogens is 329 g/mol. The molecule has 1 saturated carbocycles. The molecule has 0 N–H and O–H groups in total. The smallest absolute Gasteiger partial charge is 0.207 e. The lowest BCUT2D eigenvalue weighted by Gasteiger charge is -2.35. The zero-order valence-electron chi connectivity index (χ0n) is 10.1. The highest BCUT2D eigenvalue weighted by Crippen LogP contribution is 2.56. The minimum Gasteiger partial charge on any atom is -0.207 e. The van der Waals surface area contributed by atoms with Gasteiger partial charge in [0.1, 0.15) is 0 Å². The molecule has 11 heteroatoms. The lowest BCUT2D eigenvalue weighted by atomic mass is 9.95. The number of halogens is 11. The van der Waals surface area contributed by atoms with Crippen LogP contribution in [0.5, 0.6) is 0 Å². The average molecular weight is 338 g/mol. The van der Waals surface area contributed by atoms with Crippen molar-refractivity contribution in [1.29, 1.82) is 0 Å². The Kier molecular flexibility index (Phi) is 4.24. The van der Waals surface area contributed by atoms with Crippen LogP contribution in [0.2, 0.25) is 0 Å². The van der Waals surface area contributed by atoms with Gasteiger partial charge < -0.3 is 0 Å². The molecule has 0 radical (unpaired) electrons. The lowest BCUT2D eigenvalue weighted by Crippen LogP contribution is -2.61. The van der Waals surface area contributed by atoms with Crippen molar-refractivity contribution in [3.63, 3.8) is 0 Å². The van der Waals surface area contributed by atoms with Crippen molar-refractivity contribution in [1.82, 2.24) is 0 Å². The normalized spacial score (nSPS) is 19.0. The molecule has 0 aromatic rings. The summed E-state index contributed by atoms with van der Waals surface area (Å²) in [6.45, 7) is 0. The maximum atomic E-state index is 13.1. The van der Waals surface area contributed by atoms with E-state index in [9.17, 15) is 48.3 Å². The van der Waals surface area contributed by atoms with Crippen molar-refractivity contribution in [3.05, 3.63) is 0 Å².